The zero-order valence-electron chi connectivity index (χ0n) is 20.0. The highest BCUT2D eigenvalue weighted by Gasteiger charge is 2.35. The van der Waals surface area contributed by atoms with E-state index in [0.717, 1.165) is 6.07 Å². The Morgan fingerprint density at radius 1 is 1.16 bits per heavy atom. The molecule has 3 N–H and O–H groups in total. The lowest BCUT2D eigenvalue weighted by Crippen LogP contribution is -2.18. The number of alkyl halides is 3. The largest absolute Gasteiger partial charge is 0.433 e. The summed E-state index contributed by atoms with van der Waals surface area (Å²) in [5.41, 5.74) is 5.52. The second kappa shape index (κ2) is 9.41. The maximum atomic E-state index is 13.8. The Morgan fingerprint density at radius 3 is 2.58 bits per heavy atom. The number of carbonyl (C=O) groups excluding carboxylic acids is 2. The zero-order chi connectivity index (χ0) is 27.2. The van der Waals surface area contributed by atoms with Crippen molar-refractivity contribution in [1.29, 1.82) is 0 Å². The summed E-state index contributed by atoms with van der Waals surface area (Å²) >= 11 is 0.670. The number of aryl methyl sites for hydroxylation is 1. The molecule has 0 aliphatic carbocycles. The third kappa shape index (κ3) is 4.51. The Hall–Kier alpha value is -4.53. The molecule has 11 nitrogen and oxygen atoms in total. The standard InChI is InChI=1S/C23H20F3N9O2S/c1-3-35-12(2)14(10-29-35)13-9-16(23(24,25)26)30-22-17(13)18(19(38-22)20(27)36)31-21(37)15-5-8-34(32-15)11-33-7-4-6-28-33/h4-10H,3,11H2,1-2H3,(H2,27,36)(H,31,37). The van der Waals surface area contributed by atoms with E-state index in [1.165, 1.54) is 16.9 Å². The van der Waals surface area contributed by atoms with Crippen molar-refractivity contribution in [2.75, 3.05) is 5.32 Å². The molecule has 0 radical (unpaired) electrons. The number of anilines is 1. The van der Waals surface area contributed by atoms with Crippen LogP contribution >= 0.6 is 11.3 Å². The number of hydrogen-bond acceptors (Lipinski definition) is 7. The third-order valence-electron chi connectivity index (χ3n) is 5.83. The van der Waals surface area contributed by atoms with E-state index in [4.69, 9.17) is 5.73 Å². The molecule has 196 valence electrons. The lowest BCUT2D eigenvalue weighted by Gasteiger charge is -2.12. The Kier molecular flexibility index (Phi) is 6.22. The molecule has 0 aromatic carbocycles. The van der Waals surface area contributed by atoms with Crippen LogP contribution in [-0.2, 0) is 19.4 Å². The number of aromatic nitrogens is 7. The van der Waals surface area contributed by atoms with Crippen molar-refractivity contribution in [3.63, 3.8) is 0 Å². The number of amides is 2. The van der Waals surface area contributed by atoms with Crippen LogP contribution in [0.2, 0.25) is 0 Å². The van der Waals surface area contributed by atoms with Crippen LogP contribution in [0.15, 0.2) is 43.0 Å². The SMILES string of the molecule is CCn1ncc(-c2cc(C(F)(F)F)nc3sc(C(N)=O)c(NC(=O)c4ccn(Cn5cccn5)n4)c23)c1C. The van der Waals surface area contributed by atoms with E-state index in [1.807, 2.05) is 6.92 Å². The molecule has 15 heteroatoms. The Bertz CT molecular complexity index is 1670. The fourth-order valence-electron chi connectivity index (χ4n) is 4.05. The molecule has 0 atom stereocenters. The highest BCUT2D eigenvalue weighted by atomic mass is 32.1. The summed E-state index contributed by atoms with van der Waals surface area (Å²) in [6, 6.07) is 4.10. The number of halogens is 3. The second-order valence-electron chi connectivity index (χ2n) is 8.24. The maximum Gasteiger partial charge on any atom is 0.433 e. The molecule has 38 heavy (non-hydrogen) atoms. The first-order valence-electron chi connectivity index (χ1n) is 11.3. The minimum Gasteiger partial charge on any atom is -0.365 e. The molecule has 2 amide bonds. The molecule has 5 aromatic heterocycles. The number of carbonyl (C=O) groups is 2. The highest BCUT2D eigenvalue weighted by Crippen LogP contribution is 2.44. The van der Waals surface area contributed by atoms with E-state index >= 15 is 0 Å². The molecule has 5 heterocycles. The van der Waals surface area contributed by atoms with Crippen LogP contribution in [0.4, 0.5) is 18.9 Å². The van der Waals surface area contributed by atoms with E-state index in [1.54, 1.807) is 40.9 Å². The van der Waals surface area contributed by atoms with Crippen molar-refractivity contribution in [3.05, 3.63) is 64.9 Å². The number of fused-ring (bicyclic) bond motifs is 1. The summed E-state index contributed by atoms with van der Waals surface area (Å²) in [5, 5.41) is 15.3. The van der Waals surface area contributed by atoms with E-state index in [2.05, 4.69) is 25.6 Å². The normalized spacial score (nSPS) is 11.8. The molecule has 0 unspecified atom stereocenters. The fourth-order valence-corrected chi connectivity index (χ4v) is 5.06. The average molecular weight is 544 g/mol. The Labute approximate surface area is 216 Å². The highest BCUT2D eigenvalue weighted by molar-refractivity contribution is 7.21. The van der Waals surface area contributed by atoms with Gasteiger partial charge in [-0.25, -0.2) is 4.98 Å². The number of nitrogens with two attached hydrogens (primary N) is 1. The number of thiophene rings is 1. The molecule has 0 aliphatic rings. The van der Waals surface area contributed by atoms with E-state index in [-0.39, 0.29) is 38.7 Å². The summed E-state index contributed by atoms with van der Waals surface area (Å²) in [7, 11) is 0. The van der Waals surface area contributed by atoms with Gasteiger partial charge in [0.05, 0.1) is 11.9 Å². The molecule has 5 rings (SSSR count). The van der Waals surface area contributed by atoms with Crippen molar-refractivity contribution in [1.82, 2.24) is 34.3 Å². The lowest BCUT2D eigenvalue weighted by atomic mass is 10.0. The molecule has 0 saturated carbocycles. The van der Waals surface area contributed by atoms with Crippen LogP contribution in [0, 0.1) is 6.92 Å². The van der Waals surface area contributed by atoms with Crippen molar-refractivity contribution in [2.45, 2.75) is 33.2 Å². The minimum atomic E-state index is -4.75. The van der Waals surface area contributed by atoms with Crippen LogP contribution in [-0.4, -0.2) is 46.1 Å². The molecule has 0 bridgehead atoms. The summed E-state index contributed by atoms with van der Waals surface area (Å²) in [4.78, 5) is 29.0. The van der Waals surface area contributed by atoms with Crippen LogP contribution in [0.5, 0.6) is 0 Å². The summed E-state index contributed by atoms with van der Waals surface area (Å²) < 4.78 is 46.0. The van der Waals surface area contributed by atoms with Gasteiger partial charge in [-0.1, -0.05) is 0 Å². The Balaban J connectivity index is 1.63. The van der Waals surface area contributed by atoms with E-state index in [9.17, 15) is 22.8 Å². The molecule has 0 fully saturated rings. The van der Waals surface area contributed by atoms with E-state index < -0.39 is 23.7 Å². The average Bonchev–Trinajstić information content (AvgIpc) is 3.65. The van der Waals surface area contributed by atoms with Gasteiger partial charge in [-0.05, 0) is 37.6 Å². The van der Waals surface area contributed by atoms with E-state index in [0.29, 0.717) is 29.1 Å². The van der Waals surface area contributed by atoms with Crippen LogP contribution in [0.1, 0.15) is 38.5 Å². The number of hydrogen-bond donors (Lipinski definition) is 2. The first-order chi connectivity index (χ1) is 18.1. The number of pyridine rings is 1. The first kappa shape index (κ1) is 25.1. The maximum absolute atomic E-state index is 13.8. The van der Waals surface area contributed by atoms with Gasteiger partial charge in [-0.2, -0.15) is 28.5 Å². The van der Waals surface area contributed by atoms with Crippen LogP contribution in [0.3, 0.4) is 0 Å². The number of primary amides is 1. The predicted molar refractivity (Wildman–Crippen MR) is 133 cm³/mol. The Morgan fingerprint density at radius 2 is 1.95 bits per heavy atom. The van der Waals surface area contributed by atoms with Crippen molar-refractivity contribution < 1.29 is 22.8 Å². The van der Waals surface area contributed by atoms with Gasteiger partial charge in [0.1, 0.15) is 22.1 Å². The van der Waals surface area contributed by atoms with Crippen LogP contribution in [0.25, 0.3) is 21.3 Å². The van der Waals surface area contributed by atoms with Crippen LogP contribution < -0.4 is 11.1 Å². The van der Waals surface area contributed by atoms with Gasteiger partial charge < -0.3 is 11.1 Å². The van der Waals surface area contributed by atoms with Gasteiger partial charge in [0, 0.05) is 41.8 Å². The van der Waals surface area contributed by atoms with Gasteiger partial charge in [-0.15, -0.1) is 11.3 Å². The molecule has 0 spiro atoms. The van der Waals surface area contributed by atoms with Gasteiger partial charge in [-0.3, -0.25) is 23.6 Å². The molecule has 0 saturated heterocycles. The van der Waals surface area contributed by atoms with Gasteiger partial charge >= 0.3 is 6.18 Å². The first-order valence-corrected chi connectivity index (χ1v) is 12.1. The summed E-state index contributed by atoms with van der Waals surface area (Å²) in [6.45, 7) is 4.31. The molecule has 5 aromatic rings. The van der Waals surface area contributed by atoms with Gasteiger partial charge in [0.2, 0.25) is 0 Å². The number of nitrogens with zero attached hydrogens (tertiary/aromatic N) is 7. The predicted octanol–water partition coefficient (Wildman–Crippen LogP) is 3.76. The number of nitrogens with one attached hydrogen (secondary N) is 1. The molecule has 0 aliphatic heterocycles. The topological polar surface area (TPSA) is 139 Å². The second-order valence-corrected chi connectivity index (χ2v) is 9.24. The van der Waals surface area contributed by atoms with Gasteiger partial charge in [0.15, 0.2) is 5.69 Å². The van der Waals surface area contributed by atoms with Crippen molar-refractivity contribution >= 4 is 39.1 Å². The number of rotatable bonds is 7. The lowest BCUT2D eigenvalue weighted by molar-refractivity contribution is -0.140. The molecular weight excluding hydrogens is 523 g/mol. The zero-order valence-corrected chi connectivity index (χ0v) is 20.8. The third-order valence-corrected chi connectivity index (χ3v) is 6.93. The summed E-state index contributed by atoms with van der Waals surface area (Å²) in [5.74, 6) is -1.61. The fraction of sp³-hybridized carbons (Fsp3) is 0.217. The van der Waals surface area contributed by atoms with Crippen molar-refractivity contribution in [2.24, 2.45) is 5.73 Å². The quantitative estimate of drug-likeness (QED) is 0.321. The van der Waals surface area contributed by atoms with Gasteiger partial charge in [0.25, 0.3) is 11.8 Å². The monoisotopic (exact) mass is 543 g/mol. The summed E-state index contributed by atoms with van der Waals surface area (Å²) in [6.07, 6.45) is 1.59. The van der Waals surface area contributed by atoms with Crippen molar-refractivity contribution in [3.8, 4) is 11.1 Å². The smallest absolute Gasteiger partial charge is 0.365 e. The molecular formula is C23H20F3N9O2S. The minimum absolute atomic E-state index is 0.0170.